The summed E-state index contributed by atoms with van der Waals surface area (Å²) in [6.45, 7) is 5.71. The van der Waals surface area contributed by atoms with Crippen LogP contribution in [-0.2, 0) is 16.0 Å². The van der Waals surface area contributed by atoms with E-state index in [1.165, 1.54) is 0 Å². The quantitative estimate of drug-likeness (QED) is 0.647. The van der Waals surface area contributed by atoms with Crippen molar-refractivity contribution in [3.63, 3.8) is 0 Å². The van der Waals surface area contributed by atoms with Gasteiger partial charge < -0.3 is 15.0 Å². The normalized spacial score (nSPS) is 19.3. The van der Waals surface area contributed by atoms with Crippen LogP contribution in [0.25, 0.3) is 11.0 Å². The van der Waals surface area contributed by atoms with Crippen molar-refractivity contribution in [1.29, 1.82) is 5.26 Å². The van der Waals surface area contributed by atoms with E-state index < -0.39 is 5.92 Å². The number of para-hydroxylation sites is 2. The number of carbonyl (C=O) groups is 1. The minimum atomic E-state index is -1.05. The lowest BCUT2D eigenvalue weighted by Gasteiger charge is -2.37. The van der Waals surface area contributed by atoms with Crippen molar-refractivity contribution in [2.45, 2.75) is 38.4 Å². The highest BCUT2D eigenvalue weighted by Gasteiger charge is 2.31. The zero-order valence-corrected chi connectivity index (χ0v) is 18.4. The fourth-order valence-electron chi connectivity index (χ4n) is 4.10. The Kier molecular flexibility index (Phi) is 6.62. The summed E-state index contributed by atoms with van der Waals surface area (Å²) in [5.41, 5.74) is 2.92. The van der Waals surface area contributed by atoms with E-state index in [9.17, 15) is 10.1 Å². The Morgan fingerprint density at radius 2 is 1.72 bits per heavy atom. The fourth-order valence-corrected chi connectivity index (χ4v) is 4.10. The molecule has 3 atom stereocenters. The molecule has 1 amide bonds. The van der Waals surface area contributed by atoms with Crippen molar-refractivity contribution >= 4 is 22.8 Å². The van der Waals surface area contributed by atoms with Crippen LogP contribution < -0.4 is 10.2 Å². The van der Waals surface area contributed by atoms with Crippen LogP contribution in [0.2, 0.25) is 0 Å². The summed E-state index contributed by atoms with van der Waals surface area (Å²) in [7, 11) is 0. The van der Waals surface area contributed by atoms with Crippen LogP contribution in [0.5, 0.6) is 0 Å². The molecule has 7 heteroatoms. The van der Waals surface area contributed by atoms with Crippen molar-refractivity contribution in [3.05, 3.63) is 65.9 Å². The molecule has 1 aromatic heterocycles. The Hall–Kier alpha value is -3.50. The fraction of sp³-hybridized carbons (Fsp3) is 0.360. The second-order valence-corrected chi connectivity index (χ2v) is 8.17. The molecule has 0 bridgehead atoms. The van der Waals surface area contributed by atoms with Gasteiger partial charge in [-0.1, -0.05) is 42.5 Å². The number of nitrogens with zero attached hydrogens (tertiary/aromatic N) is 4. The van der Waals surface area contributed by atoms with Gasteiger partial charge >= 0.3 is 0 Å². The maximum Gasteiger partial charge on any atom is 0.243 e. The van der Waals surface area contributed by atoms with E-state index in [0.29, 0.717) is 43.1 Å². The Morgan fingerprint density at radius 3 is 2.38 bits per heavy atom. The number of hydrogen-bond acceptors (Lipinski definition) is 6. The molecule has 4 rings (SSSR count). The van der Waals surface area contributed by atoms with Gasteiger partial charge in [0.05, 0.1) is 29.3 Å². The molecule has 2 heterocycles. The van der Waals surface area contributed by atoms with Crippen molar-refractivity contribution < 1.29 is 9.53 Å². The summed E-state index contributed by atoms with van der Waals surface area (Å²) in [4.78, 5) is 24.7. The van der Waals surface area contributed by atoms with Crippen LogP contribution in [0, 0.1) is 11.3 Å². The van der Waals surface area contributed by atoms with Crippen LogP contribution in [-0.4, -0.2) is 47.7 Å². The molecule has 1 aliphatic rings. The zero-order valence-electron chi connectivity index (χ0n) is 18.4. The summed E-state index contributed by atoms with van der Waals surface area (Å²) >= 11 is 0. The first kappa shape index (κ1) is 21.7. The van der Waals surface area contributed by atoms with E-state index in [2.05, 4.69) is 16.3 Å². The maximum atomic E-state index is 13.0. The SMILES string of the molecule is C[C@@H]1CN(c2nc3ccccc3nc2[C@@H](C#N)C(=O)NCCc2ccccc2)C[C@@H](C)O1. The lowest BCUT2D eigenvalue weighted by Crippen LogP contribution is -2.46. The molecule has 1 saturated heterocycles. The summed E-state index contributed by atoms with van der Waals surface area (Å²) in [5.74, 6) is -0.828. The molecular formula is C25H27N5O2. The van der Waals surface area contributed by atoms with Crippen molar-refractivity contribution in [1.82, 2.24) is 15.3 Å². The molecule has 2 aromatic carbocycles. The summed E-state index contributed by atoms with van der Waals surface area (Å²) < 4.78 is 5.86. The summed E-state index contributed by atoms with van der Waals surface area (Å²) in [5, 5.41) is 12.8. The molecule has 3 aromatic rings. The minimum Gasteiger partial charge on any atom is -0.372 e. The molecule has 1 fully saturated rings. The van der Waals surface area contributed by atoms with Crippen LogP contribution in [0.1, 0.15) is 31.0 Å². The van der Waals surface area contributed by atoms with Gasteiger partial charge in [0.25, 0.3) is 0 Å². The average molecular weight is 430 g/mol. The summed E-state index contributed by atoms with van der Waals surface area (Å²) in [6, 6.07) is 19.6. The number of amides is 1. The zero-order chi connectivity index (χ0) is 22.5. The second kappa shape index (κ2) is 9.75. The first-order valence-corrected chi connectivity index (χ1v) is 10.9. The van der Waals surface area contributed by atoms with E-state index in [1.807, 2.05) is 68.4 Å². The van der Waals surface area contributed by atoms with Crippen molar-refractivity contribution in [2.24, 2.45) is 0 Å². The molecule has 0 aliphatic carbocycles. The molecule has 164 valence electrons. The van der Waals surface area contributed by atoms with Gasteiger partial charge in [0.1, 0.15) is 5.69 Å². The minimum absolute atomic E-state index is 0.0140. The van der Waals surface area contributed by atoms with E-state index in [4.69, 9.17) is 14.7 Å². The number of benzene rings is 2. The molecule has 1 N–H and O–H groups in total. The molecule has 0 saturated carbocycles. The van der Waals surface area contributed by atoms with Crippen LogP contribution >= 0.6 is 0 Å². The highest BCUT2D eigenvalue weighted by Crippen LogP contribution is 2.29. The number of aromatic nitrogens is 2. The Labute approximate surface area is 188 Å². The molecular weight excluding hydrogens is 402 g/mol. The number of nitriles is 1. The average Bonchev–Trinajstić information content (AvgIpc) is 2.79. The van der Waals surface area contributed by atoms with Crippen LogP contribution in [0.3, 0.4) is 0 Å². The largest absolute Gasteiger partial charge is 0.372 e. The van der Waals surface area contributed by atoms with Gasteiger partial charge in [-0.2, -0.15) is 5.26 Å². The van der Waals surface area contributed by atoms with Gasteiger partial charge in [0.15, 0.2) is 11.7 Å². The van der Waals surface area contributed by atoms with Gasteiger partial charge in [0.2, 0.25) is 5.91 Å². The predicted molar refractivity (Wildman–Crippen MR) is 123 cm³/mol. The highest BCUT2D eigenvalue weighted by atomic mass is 16.5. The number of hydrogen-bond donors (Lipinski definition) is 1. The number of rotatable bonds is 6. The Morgan fingerprint density at radius 1 is 1.09 bits per heavy atom. The maximum absolute atomic E-state index is 13.0. The first-order valence-electron chi connectivity index (χ1n) is 10.9. The van der Waals surface area contributed by atoms with Gasteiger partial charge in [-0.05, 0) is 38.0 Å². The molecule has 7 nitrogen and oxygen atoms in total. The number of carbonyl (C=O) groups excluding carboxylic acids is 1. The van der Waals surface area contributed by atoms with Crippen molar-refractivity contribution in [2.75, 3.05) is 24.5 Å². The lowest BCUT2D eigenvalue weighted by molar-refractivity contribution is -0.121. The van der Waals surface area contributed by atoms with E-state index in [-0.39, 0.29) is 18.1 Å². The smallest absolute Gasteiger partial charge is 0.243 e. The monoisotopic (exact) mass is 429 g/mol. The third-order valence-corrected chi connectivity index (χ3v) is 5.52. The number of morpholine rings is 1. The molecule has 0 radical (unpaired) electrons. The van der Waals surface area contributed by atoms with E-state index in [1.54, 1.807) is 0 Å². The van der Waals surface area contributed by atoms with Crippen LogP contribution in [0.4, 0.5) is 5.82 Å². The third-order valence-electron chi connectivity index (χ3n) is 5.52. The Balaban J connectivity index is 1.62. The van der Waals surface area contributed by atoms with E-state index in [0.717, 1.165) is 11.1 Å². The highest BCUT2D eigenvalue weighted by molar-refractivity contribution is 5.88. The topological polar surface area (TPSA) is 91.1 Å². The second-order valence-electron chi connectivity index (χ2n) is 8.17. The first-order chi connectivity index (χ1) is 15.5. The number of anilines is 1. The van der Waals surface area contributed by atoms with E-state index >= 15 is 0 Å². The number of ether oxygens (including phenoxy) is 1. The third kappa shape index (κ3) is 4.87. The van der Waals surface area contributed by atoms with Gasteiger partial charge in [-0.3, -0.25) is 4.79 Å². The predicted octanol–water partition coefficient (Wildman–Crippen LogP) is 3.21. The van der Waals surface area contributed by atoms with Crippen molar-refractivity contribution in [3.8, 4) is 6.07 Å². The van der Waals surface area contributed by atoms with Gasteiger partial charge in [-0.15, -0.1) is 0 Å². The lowest BCUT2D eigenvalue weighted by atomic mass is 10.0. The Bertz CT molecular complexity index is 1120. The molecule has 1 aliphatic heterocycles. The van der Waals surface area contributed by atoms with Crippen LogP contribution in [0.15, 0.2) is 54.6 Å². The standard InChI is InChI=1S/C25H27N5O2/c1-17-15-30(16-18(2)32-17)24-23(28-21-10-6-7-11-22(21)29-24)20(14-26)25(31)27-13-12-19-8-4-3-5-9-19/h3-11,17-18,20H,12-13,15-16H2,1-2H3,(H,27,31)/t17-,18-,20-/m1/s1. The number of fused-ring (bicyclic) bond motifs is 1. The summed E-state index contributed by atoms with van der Waals surface area (Å²) in [6.07, 6.45) is 0.722. The van der Waals surface area contributed by atoms with Gasteiger partial charge in [-0.25, -0.2) is 9.97 Å². The van der Waals surface area contributed by atoms with Gasteiger partial charge in [0, 0.05) is 19.6 Å². The molecule has 0 unspecified atom stereocenters. The molecule has 32 heavy (non-hydrogen) atoms. The number of nitrogens with one attached hydrogen (secondary N) is 1. The molecule has 0 spiro atoms.